The van der Waals surface area contributed by atoms with Gasteiger partial charge in [0.1, 0.15) is 13.2 Å². The summed E-state index contributed by atoms with van der Waals surface area (Å²) in [5.74, 6) is -0.542. The zero-order chi connectivity index (χ0) is 23.7. The van der Waals surface area contributed by atoms with Crippen molar-refractivity contribution in [1.29, 1.82) is 0 Å². The summed E-state index contributed by atoms with van der Waals surface area (Å²) in [6, 6.07) is 5.80. The van der Waals surface area contributed by atoms with Crippen molar-refractivity contribution in [1.82, 2.24) is 15.5 Å². The first kappa shape index (κ1) is 25.1. The number of fused-ring (bicyclic) bond motifs is 1. The van der Waals surface area contributed by atoms with Gasteiger partial charge in [0.25, 0.3) is 0 Å². The zero-order valence-corrected chi connectivity index (χ0v) is 18.7. The summed E-state index contributed by atoms with van der Waals surface area (Å²) >= 11 is 0. The fraction of sp³-hybridized carbons (Fsp3) is 0.652. The molecule has 2 aliphatic rings. The minimum Gasteiger partial charge on any atom is -0.486 e. The average Bonchev–Trinajstić information content (AvgIpc) is 3.28. The first-order valence-electron chi connectivity index (χ1n) is 11.6. The Morgan fingerprint density at radius 1 is 1.03 bits per heavy atom. The van der Waals surface area contributed by atoms with E-state index in [2.05, 4.69) is 10.2 Å². The first-order valence-corrected chi connectivity index (χ1v) is 11.6. The number of nitrogens with one attached hydrogen (secondary N) is 2. The molecule has 2 N–H and O–H groups in total. The van der Waals surface area contributed by atoms with E-state index in [4.69, 9.17) is 9.47 Å². The lowest BCUT2D eigenvalue weighted by molar-refractivity contribution is -0.173. The van der Waals surface area contributed by atoms with Crippen molar-refractivity contribution < 1.29 is 32.2 Å². The normalized spacial score (nSPS) is 16.9. The SMILES string of the molecule is O=C(CCCCCNC(=O)C(F)(F)F)N[C@@H](Cc1ccc2c(c1)OCCO2)CN1CCCC1. The molecule has 0 spiro atoms. The molecule has 2 aliphatic heterocycles. The fourth-order valence-corrected chi connectivity index (χ4v) is 4.13. The van der Waals surface area contributed by atoms with E-state index in [-0.39, 0.29) is 18.5 Å². The van der Waals surface area contributed by atoms with Crippen LogP contribution in [0.5, 0.6) is 11.5 Å². The van der Waals surface area contributed by atoms with E-state index in [1.807, 2.05) is 23.5 Å². The molecule has 184 valence electrons. The van der Waals surface area contributed by atoms with Gasteiger partial charge >= 0.3 is 12.1 Å². The number of halogens is 3. The third kappa shape index (κ3) is 8.42. The highest BCUT2D eigenvalue weighted by Crippen LogP contribution is 2.31. The van der Waals surface area contributed by atoms with Crippen molar-refractivity contribution in [2.45, 2.75) is 57.2 Å². The Morgan fingerprint density at radius 2 is 1.76 bits per heavy atom. The molecule has 33 heavy (non-hydrogen) atoms. The van der Waals surface area contributed by atoms with E-state index in [0.29, 0.717) is 45.3 Å². The van der Waals surface area contributed by atoms with Crippen molar-refractivity contribution in [3.05, 3.63) is 23.8 Å². The standard InChI is InChI=1S/C23H32F3N3O4/c24-23(25,26)22(31)27-9-3-1-2-6-21(30)28-18(16-29-10-4-5-11-29)14-17-7-8-19-20(15-17)33-13-12-32-19/h7-8,15,18H,1-6,9-14,16H2,(H,27,31)(H,28,30)/t18-/m0/s1. The second kappa shape index (κ2) is 12.1. The van der Waals surface area contributed by atoms with Gasteiger partial charge in [0, 0.05) is 25.6 Å². The van der Waals surface area contributed by atoms with Crippen molar-refractivity contribution >= 4 is 11.8 Å². The largest absolute Gasteiger partial charge is 0.486 e. The van der Waals surface area contributed by atoms with Crippen LogP contribution in [0.4, 0.5) is 13.2 Å². The van der Waals surface area contributed by atoms with Crippen molar-refractivity contribution in [2.75, 3.05) is 39.4 Å². The van der Waals surface area contributed by atoms with E-state index in [1.165, 1.54) is 0 Å². The van der Waals surface area contributed by atoms with E-state index < -0.39 is 12.1 Å². The van der Waals surface area contributed by atoms with Crippen LogP contribution in [0.2, 0.25) is 0 Å². The van der Waals surface area contributed by atoms with Gasteiger partial charge in [-0.3, -0.25) is 9.59 Å². The lowest BCUT2D eigenvalue weighted by Crippen LogP contribution is -2.44. The summed E-state index contributed by atoms with van der Waals surface area (Å²) in [4.78, 5) is 25.7. The van der Waals surface area contributed by atoms with Crippen molar-refractivity contribution in [3.8, 4) is 11.5 Å². The number of ether oxygens (including phenoxy) is 2. The van der Waals surface area contributed by atoms with Crippen LogP contribution in [0.25, 0.3) is 0 Å². The molecule has 7 nitrogen and oxygen atoms in total. The number of hydrogen-bond acceptors (Lipinski definition) is 5. The number of carbonyl (C=O) groups excluding carboxylic acids is 2. The molecule has 1 aromatic rings. The second-order valence-corrected chi connectivity index (χ2v) is 8.52. The molecule has 0 aliphatic carbocycles. The summed E-state index contributed by atoms with van der Waals surface area (Å²) in [7, 11) is 0. The monoisotopic (exact) mass is 471 g/mol. The van der Waals surface area contributed by atoms with Crippen molar-refractivity contribution in [3.63, 3.8) is 0 Å². The highest BCUT2D eigenvalue weighted by atomic mass is 19.4. The van der Waals surface area contributed by atoms with Crippen LogP contribution in [0.3, 0.4) is 0 Å². The zero-order valence-electron chi connectivity index (χ0n) is 18.7. The Hall–Kier alpha value is -2.49. The van der Waals surface area contributed by atoms with Gasteiger partial charge in [0.2, 0.25) is 5.91 Å². The number of amides is 2. The van der Waals surface area contributed by atoms with E-state index in [0.717, 1.165) is 49.5 Å². The molecular formula is C23H32F3N3O4. The molecule has 1 aromatic carbocycles. The Kier molecular flexibility index (Phi) is 9.22. The predicted octanol–water partition coefficient (Wildman–Crippen LogP) is 2.82. The Labute approximate surface area is 192 Å². The number of nitrogens with zero attached hydrogens (tertiary/aromatic N) is 1. The second-order valence-electron chi connectivity index (χ2n) is 8.52. The number of carbonyl (C=O) groups is 2. The molecule has 0 saturated carbocycles. The first-order chi connectivity index (χ1) is 15.8. The van der Waals surface area contributed by atoms with Gasteiger partial charge in [-0.1, -0.05) is 12.5 Å². The molecule has 2 amide bonds. The molecule has 0 unspecified atom stereocenters. The van der Waals surface area contributed by atoms with Gasteiger partial charge in [-0.05, 0) is 62.9 Å². The van der Waals surface area contributed by atoms with Crippen LogP contribution in [-0.2, 0) is 16.0 Å². The van der Waals surface area contributed by atoms with Crippen LogP contribution in [0, 0.1) is 0 Å². The lowest BCUT2D eigenvalue weighted by Gasteiger charge is -2.25. The van der Waals surface area contributed by atoms with Gasteiger partial charge in [0.05, 0.1) is 0 Å². The Morgan fingerprint density at radius 3 is 2.48 bits per heavy atom. The topological polar surface area (TPSA) is 79.9 Å². The van der Waals surface area contributed by atoms with Gasteiger partial charge in [-0.15, -0.1) is 0 Å². The number of unbranched alkanes of at least 4 members (excludes halogenated alkanes) is 2. The number of alkyl halides is 3. The van der Waals surface area contributed by atoms with Crippen LogP contribution < -0.4 is 20.1 Å². The fourth-order valence-electron chi connectivity index (χ4n) is 4.13. The minimum atomic E-state index is -4.86. The highest BCUT2D eigenvalue weighted by Gasteiger charge is 2.38. The maximum Gasteiger partial charge on any atom is 0.471 e. The molecule has 0 aromatic heterocycles. The maximum atomic E-state index is 12.5. The van der Waals surface area contributed by atoms with E-state index >= 15 is 0 Å². The molecule has 0 bridgehead atoms. The van der Waals surface area contributed by atoms with Crippen LogP contribution in [0.15, 0.2) is 18.2 Å². The average molecular weight is 472 g/mol. The summed E-state index contributed by atoms with van der Waals surface area (Å²) in [5, 5.41) is 4.97. The minimum absolute atomic E-state index is 0.0516. The summed E-state index contributed by atoms with van der Waals surface area (Å²) in [6.07, 6.45) is -0.0675. The molecule has 3 rings (SSSR count). The molecule has 2 heterocycles. The number of benzene rings is 1. The van der Waals surface area contributed by atoms with Crippen LogP contribution >= 0.6 is 0 Å². The predicted molar refractivity (Wildman–Crippen MR) is 116 cm³/mol. The van der Waals surface area contributed by atoms with Crippen LogP contribution in [0.1, 0.15) is 44.1 Å². The van der Waals surface area contributed by atoms with Crippen molar-refractivity contribution in [2.24, 2.45) is 0 Å². The lowest BCUT2D eigenvalue weighted by atomic mass is 10.0. The van der Waals surface area contributed by atoms with E-state index in [9.17, 15) is 22.8 Å². The quantitative estimate of drug-likeness (QED) is 0.486. The van der Waals surface area contributed by atoms with E-state index in [1.54, 1.807) is 0 Å². The summed E-state index contributed by atoms with van der Waals surface area (Å²) in [5.41, 5.74) is 1.06. The summed E-state index contributed by atoms with van der Waals surface area (Å²) in [6.45, 7) is 3.82. The molecule has 1 saturated heterocycles. The summed E-state index contributed by atoms with van der Waals surface area (Å²) < 4.78 is 47.7. The third-order valence-corrected chi connectivity index (χ3v) is 5.75. The molecular weight excluding hydrogens is 439 g/mol. The smallest absolute Gasteiger partial charge is 0.471 e. The van der Waals surface area contributed by atoms with Gasteiger partial charge in [-0.25, -0.2) is 0 Å². The Balaban J connectivity index is 1.44. The Bertz CT molecular complexity index is 798. The van der Waals surface area contributed by atoms with Gasteiger partial charge in [0.15, 0.2) is 11.5 Å². The van der Waals surface area contributed by atoms with Crippen LogP contribution in [-0.4, -0.2) is 68.3 Å². The van der Waals surface area contributed by atoms with Gasteiger partial charge in [-0.2, -0.15) is 13.2 Å². The maximum absolute atomic E-state index is 12.5. The number of hydrogen-bond donors (Lipinski definition) is 2. The number of likely N-dealkylation sites (tertiary alicyclic amines) is 1. The van der Waals surface area contributed by atoms with Gasteiger partial charge < -0.3 is 25.0 Å². The number of rotatable bonds is 11. The molecule has 1 fully saturated rings. The highest BCUT2D eigenvalue weighted by molar-refractivity contribution is 5.81. The third-order valence-electron chi connectivity index (χ3n) is 5.75. The molecule has 0 radical (unpaired) electrons. The molecule has 10 heteroatoms. The molecule has 1 atom stereocenters.